The zero-order valence-electron chi connectivity index (χ0n) is 14.6. The van der Waals surface area contributed by atoms with Crippen molar-refractivity contribution >= 4 is 29.0 Å². The second kappa shape index (κ2) is 7.22. The monoisotopic (exact) mass is 382 g/mol. The molecule has 0 saturated carbocycles. The van der Waals surface area contributed by atoms with E-state index in [9.17, 15) is 0 Å². The van der Waals surface area contributed by atoms with Crippen LogP contribution in [0.25, 0.3) is 17.2 Å². The molecule has 3 aromatic heterocycles. The molecule has 4 rings (SSSR count). The molecule has 27 heavy (non-hydrogen) atoms. The first kappa shape index (κ1) is 17.3. The lowest BCUT2D eigenvalue weighted by atomic mass is 10.2. The van der Waals surface area contributed by atoms with Gasteiger partial charge in [0.2, 0.25) is 5.95 Å². The molecule has 9 nitrogen and oxygen atoms in total. The number of ether oxygens (including phenoxy) is 1. The minimum atomic E-state index is 0.306. The van der Waals surface area contributed by atoms with Gasteiger partial charge in [-0.2, -0.15) is 9.50 Å². The van der Waals surface area contributed by atoms with E-state index in [-0.39, 0.29) is 0 Å². The maximum absolute atomic E-state index is 5.91. The quantitative estimate of drug-likeness (QED) is 0.562. The van der Waals surface area contributed by atoms with Crippen LogP contribution in [0.4, 0.5) is 11.6 Å². The Kier molecular flexibility index (Phi) is 4.61. The van der Waals surface area contributed by atoms with Crippen molar-refractivity contribution in [3.8, 4) is 11.4 Å². The molecular formula is C17H15ClN8O. The largest absolute Gasteiger partial charge is 0.377 e. The Bertz CT molecular complexity index is 1100. The topological polar surface area (TPSA) is 103 Å². The summed E-state index contributed by atoms with van der Waals surface area (Å²) < 4.78 is 6.70. The molecule has 1 aromatic carbocycles. The number of methoxy groups -OCH3 is 1. The van der Waals surface area contributed by atoms with Crippen LogP contribution in [0.2, 0.25) is 5.02 Å². The third-order valence-electron chi connectivity index (χ3n) is 3.81. The SMILES string of the molecule is COCc1nc2nnc(-c3ccnc(Nc4ccc(Cl)cc4)n3)c(C)n2n1. The van der Waals surface area contributed by atoms with Crippen molar-refractivity contribution in [2.24, 2.45) is 0 Å². The van der Waals surface area contributed by atoms with Gasteiger partial charge in [0.15, 0.2) is 5.82 Å². The molecule has 136 valence electrons. The molecule has 0 saturated heterocycles. The molecule has 0 fully saturated rings. The van der Waals surface area contributed by atoms with E-state index in [1.807, 2.05) is 19.1 Å². The van der Waals surface area contributed by atoms with E-state index in [1.165, 1.54) is 0 Å². The maximum atomic E-state index is 5.91. The summed E-state index contributed by atoms with van der Waals surface area (Å²) >= 11 is 5.91. The van der Waals surface area contributed by atoms with Crippen molar-refractivity contribution in [2.75, 3.05) is 12.4 Å². The second-order valence-electron chi connectivity index (χ2n) is 5.70. The molecular weight excluding hydrogens is 368 g/mol. The van der Waals surface area contributed by atoms with Crippen LogP contribution in [-0.2, 0) is 11.3 Å². The number of anilines is 2. The zero-order chi connectivity index (χ0) is 18.8. The van der Waals surface area contributed by atoms with Gasteiger partial charge >= 0.3 is 0 Å². The highest BCUT2D eigenvalue weighted by Gasteiger charge is 2.14. The molecule has 0 atom stereocenters. The molecule has 0 aliphatic heterocycles. The highest BCUT2D eigenvalue weighted by atomic mass is 35.5. The summed E-state index contributed by atoms with van der Waals surface area (Å²) in [5.41, 5.74) is 2.82. The van der Waals surface area contributed by atoms with E-state index in [1.54, 1.807) is 36.0 Å². The molecule has 0 amide bonds. The molecule has 3 heterocycles. The Labute approximate surface area is 159 Å². The lowest BCUT2D eigenvalue weighted by Crippen LogP contribution is -2.05. The second-order valence-corrected chi connectivity index (χ2v) is 6.14. The molecule has 10 heteroatoms. The van der Waals surface area contributed by atoms with Crippen molar-refractivity contribution in [3.05, 3.63) is 53.1 Å². The molecule has 1 N–H and O–H groups in total. The Morgan fingerprint density at radius 2 is 1.93 bits per heavy atom. The fourth-order valence-electron chi connectivity index (χ4n) is 2.54. The highest BCUT2D eigenvalue weighted by molar-refractivity contribution is 6.30. The van der Waals surface area contributed by atoms with Gasteiger partial charge in [-0.25, -0.2) is 9.97 Å². The van der Waals surface area contributed by atoms with Gasteiger partial charge in [0.05, 0.1) is 11.4 Å². The first-order chi connectivity index (χ1) is 13.1. The van der Waals surface area contributed by atoms with Crippen molar-refractivity contribution < 1.29 is 4.74 Å². The molecule has 4 aromatic rings. The summed E-state index contributed by atoms with van der Waals surface area (Å²) in [6, 6.07) is 9.05. The third kappa shape index (κ3) is 3.55. The summed E-state index contributed by atoms with van der Waals surface area (Å²) in [6.07, 6.45) is 1.66. The van der Waals surface area contributed by atoms with E-state index < -0.39 is 0 Å². The van der Waals surface area contributed by atoms with Crippen LogP contribution in [0.3, 0.4) is 0 Å². The summed E-state index contributed by atoms with van der Waals surface area (Å²) in [5, 5.41) is 16.6. The van der Waals surface area contributed by atoms with Crippen molar-refractivity contribution in [1.82, 2.24) is 34.8 Å². The molecule has 0 aliphatic rings. The highest BCUT2D eigenvalue weighted by Crippen LogP contribution is 2.21. The molecule has 0 spiro atoms. The number of benzene rings is 1. The van der Waals surface area contributed by atoms with Gasteiger partial charge in [-0.15, -0.1) is 15.3 Å². The van der Waals surface area contributed by atoms with E-state index in [0.29, 0.717) is 40.6 Å². The van der Waals surface area contributed by atoms with Gasteiger partial charge in [-0.1, -0.05) is 11.6 Å². The normalized spacial score (nSPS) is 11.1. The van der Waals surface area contributed by atoms with Gasteiger partial charge in [0.1, 0.15) is 12.3 Å². The van der Waals surface area contributed by atoms with Crippen LogP contribution in [0.15, 0.2) is 36.5 Å². The van der Waals surface area contributed by atoms with Crippen LogP contribution in [-0.4, -0.2) is 41.9 Å². The number of hydrogen-bond donors (Lipinski definition) is 1. The number of halogens is 1. The third-order valence-corrected chi connectivity index (χ3v) is 4.06. The number of aromatic nitrogens is 7. The van der Waals surface area contributed by atoms with Crippen LogP contribution in [0.1, 0.15) is 11.5 Å². The van der Waals surface area contributed by atoms with E-state index >= 15 is 0 Å². The number of fused-ring (bicyclic) bond motifs is 1. The van der Waals surface area contributed by atoms with Gasteiger partial charge in [0.25, 0.3) is 5.78 Å². The van der Waals surface area contributed by atoms with Crippen molar-refractivity contribution in [2.45, 2.75) is 13.5 Å². The Balaban J connectivity index is 1.68. The average molecular weight is 383 g/mol. The Morgan fingerprint density at radius 1 is 1.11 bits per heavy atom. The van der Waals surface area contributed by atoms with Gasteiger partial charge in [0, 0.05) is 24.0 Å². The first-order valence-electron chi connectivity index (χ1n) is 8.08. The standard InChI is InChI=1S/C17H15ClN8O/c1-10-15(23-24-17-22-14(9-27-2)25-26(10)17)13-7-8-19-16(21-13)20-12-5-3-11(18)4-6-12/h3-8H,9H2,1-2H3,(H,19,20,21). The fraction of sp³-hybridized carbons (Fsp3) is 0.176. The minimum absolute atomic E-state index is 0.306. The molecule has 0 aliphatic carbocycles. The Morgan fingerprint density at radius 3 is 2.70 bits per heavy atom. The van der Waals surface area contributed by atoms with Crippen LogP contribution in [0, 0.1) is 6.92 Å². The van der Waals surface area contributed by atoms with Crippen molar-refractivity contribution in [1.29, 1.82) is 0 Å². The Hall–Kier alpha value is -3.17. The number of hydrogen-bond acceptors (Lipinski definition) is 8. The van der Waals surface area contributed by atoms with Crippen LogP contribution >= 0.6 is 11.6 Å². The molecule has 0 bridgehead atoms. The van der Waals surface area contributed by atoms with Gasteiger partial charge in [-0.05, 0) is 37.3 Å². The lowest BCUT2D eigenvalue weighted by Gasteiger charge is -2.08. The molecule has 0 unspecified atom stereocenters. The maximum Gasteiger partial charge on any atom is 0.272 e. The van der Waals surface area contributed by atoms with Crippen molar-refractivity contribution in [3.63, 3.8) is 0 Å². The lowest BCUT2D eigenvalue weighted by molar-refractivity contribution is 0.178. The number of aryl methyl sites for hydroxylation is 1. The summed E-state index contributed by atoms with van der Waals surface area (Å²) in [7, 11) is 1.59. The smallest absolute Gasteiger partial charge is 0.272 e. The van der Waals surface area contributed by atoms with Crippen LogP contribution in [0.5, 0.6) is 0 Å². The first-order valence-corrected chi connectivity index (χ1v) is 8.46. The number of rotatable bonds is 5. The predicted molar refractivity (Wildman–Crippen MR) is 99.8 cm³/mol. The fourth-order valence-corrected chi connectivity index (χ4v) is 2.67. The van der Waals surface area contributed by atoms with Gasteiger partial charge in [-0.3, -0.25) is 0 Å². The van der Waals surface area contributed by atoms with Gasteiger partial charge < -0.3 is 10.1 Å². The van der Waals surface area contributed by atoms with Crippen LogP contribution < -0.4 is 5.32 Å². The molecule has 0 radical (unpaired) electrons. The average Bonchev–Trinajstić information content (AvgIpc) is 3.08. The summed E-state index contributed by atoms with van der Waals surface area (Å²) in [6.45, 7) is 2.19. The van der Waals surface area contributed by atoms with E-state index in [0.717, 1.165) is 11.4 Å². The zero-order valence-corrected chi connectivity index (χ0v) is 15.3. The van der Waals surface area contributed by atoms with E-state index in [4.69, 9.17) is 16.3 Å². The number of nitrogens with one attached hydrogen (secondary N) is 1. The number of nitrogens with zero attached hydrogens (tertiary/aromatic N) is 7. The summed E-state index contributed by atoms with van der Waals surface area (Å²) in [5.74, 6) is 1.39. The van der Waals surface area contributed by atoms with E-state index in [2.05, 4.69) is 35.6 Å². The predicted octanol–water partition coefficient (Wildman–Crippen LogP) is 2.83. The summed E-state index contributed by atoms with van der Waals surface area (Å²) in [4.78, 5) is 13.1. The minimum Gasteiger partial charge on any atom is -0.377 e.